The molecule has 1 fully saturated rings. The fraction of sp³-hybridized carbons (Fsp3) is 0.242. The number of sulfonamides is 1. The van der Waals surface area contributed by atoms with Crippen LogP contribution in [0.25, 0.3) is 0 Å². The summed E-state index contributed by atoms with van der Waals surface area (Å²) in [4.78, 5) is 17.7. The highest BCUT2D eigenvalue weighted by Crippen LogP contribution is 2.31. The summed E-state index contributed by atoms with van der Waals surface area (Å²) in [5.41, 5.74) is 3.49. The van der Waals surface area contributed by atoms with E-state index in [9.17, 15) is 13.2 Å². The van der Waals surface area contributed by atoms with Crippen molar-refractivity contribution in [1.29, 1.82) is 0 Å². The van der Waals surface area contributed by atoms with Crippen LogP contribution in [0.4, 0.5) is 17.1 Å². The third kappa shape index (κ3) is 7.24. The molecule has 11 heteroatoms. The minimum Gasteiger partial charge on any atom is -0.497 e. The van der Waals surface area contributed by atoms with Gasteiger partial charge in [0.15, 0.2) is 0 Å². The van der Waals surface area contributed by atoms with E-state index < -0.39 is 10.0 Å². The molecule has 1 saturated heterocycles. The normalized spacial score (nSPS) is 13.7. The van der Waals surface area contributed by atoms with E-state index in [0.717, 1.165) is 49.7 Å². The van der Waals surface area contributed by atoms with Gasteiger partial charge in [-0.3, -0.25) is 14.4 Å². The Bertz CT molecular complexity index is 1690. The van der Waals surface area contributed by atoms with Gasteiger partial charge in [0.05, 0.1) is 37.6 Å². The number of hydrogen-bond acceptors (Lipinski definition) is 8. The minimum atomic E-state index is -3.92. The Morgan fingerprint density at radius 3 is 2.11 bits per heavy atom. The highest BCUT2D eigenvalue weighted by Gasteiger charge is 2.20. The molecule has 44 heavy (non-hydrogen) atoms. The molecular weight excluding hydrogens is 580 g/mol. The Hall–Kier alpha value is -4.74. The molecule has 1 aliphatic rings. The molecule has 0 aliphatic carbocycles. The van der Waals surface area contributed by atoms with Crippen LogP contribution in [0.2, 0.25) is 0 Å². The number of benzene rings is 4. The molecule has 0 saturated carbocycles. The Labute approximate surface area is 258 Å². The summed E-state index contributed by atoms with van der Waals surface area (Å²) in [5, 5.41) is 2.83. The average Bonchev–Trinajstić information content (AvgIpc) is 3.05. The Morgan fingerprint density at radius 2 is 1.45 bits per heavy atom. The van der Waals surface area contributed by atoms with Crippen molar-refractivity contribution in [3.63, 3.8) is 0 Å². The first-order valence-corrected chi connectivity index (χ1v) is 15.6. The topological polar surface area (TPSA) is 109 Å². The second-order valence-corrected chi connectivity index (χ2v) is 12.0. The highest BCUT2D eigenvalue weighted by atomic mass is 32.2. The number of carbonyl (C=O) groups is 1. The molecule has 0 radical (unpaired) electrons. The maximum absolute atomic E-state index is 13.0. The van der Waals surface area contributed by atoms with Crippen LogP contribution in [0.15, 0.2) is 95.9 Å². The standard InChI is InChI=1S/C33H36N4O6S/c1-41-27-14-17-31(42-2)29(22-27)35-44(39,40)28-15-12-26(13-16-28)34-33(38)25-10-8-24(9-11-25)23-36-18-20-37(21-19-36)30-6-4-5-7-32(30)43-3/h4-17,22,35H,18-21,23H2,1-3H3,(H,34,38). The molecule has 0 unspecified atom stereocenters. The summed E-state index contributed by atoms with van der Waals surface area (Å²) in [5.74, 6) is 1.45. The lowest BCUT2D eigenvalue weighted by Crippen LogP contribution is -2.46. The van der Waals surface area contributed by atoms with Crippen molar-refractivity contribution < 1.29 is 27.4 Å². The molecule has 5 rings (SSSR count). The van der Waals surface area contributed by atoms with E-state index >= 15 is 0 Å². The van der Waals surface area contributed by atoms with Gasteiger partial charge in [-0.25, -0.2) is 8.42 Å². The van der Waals surface area contributed by atoms with Crippen LogP contribution in [0.5, 0.6) is 17.2 Å². The maximum Gasteiger partial charge on any atom is 0.262 e. The van der Waals surface area contributed by atoms with Crippen molar-refractivity contribution in [3.05, 3.63) is 102 Å². The van der Waals surface area contributed by atoms with Crippen LogP contribution in [0.3, 0.4) is 0 Å². The van der Waals surface area contributed by atoms with Gasteiger partial charge in [0.2, 0.25) is 0 Å². The van der Waals surface area contributed by atoms with Gasteiger partial charge in [-0.05, 0) is 66.2 Å². The summed E-state index contributed by atoms with van der Waals surface area (Å²) >= 11 is 0. The molecule has 0 bridgehead atoms. The lowest BCUT2D eigenvalue weighted by molar-refractivity contribution is 0.102. The van der Waals surface area contributed by atoms with E-state index in [1.54, 1.807) is 49.6 Å². The van der Waals surface area contributed by atoms with E-state index in [1.807, 2.05) is 30.3 Å². The van der Waals surface area contributed by atoms with Crippen molar-refractivity contribution in [3.8, 4) is 17.2 Å². The summed E-state index contributed by atoms with van der Waals surface area (Å²) in [6.07, 6.45) is 0. The molecule has 10 nitrogen and oxygen atoms in total. The highest BCUT2D eigenvalue weighted by molar-refractivity contribution is 7.92. The average molecular weight is 617 g/mol. The molecule has 1 heterocycles. The predicted octanol–water partition coefficient (Wildman–Crippen LogP) is 5.09. The molecule has 2 N–H and O–H groups in total. The lowest BCUT2D eigenvalue weighted by atomic mass is 10.1. The van der Waals surface area contributed by atoms with Crippen LogP contribution >= 0.6 is 0 Å². The van der Waals surface area contributed by atoms with Gasteiger partial charge >= 0.3 is 0 Å². The monoisotopic (exact) mass is 616 g/mol. The second kappa shape index (κ2) is 13.7. The van der Waals surface area contributed by atoms with E-state index in [4.69, 9.17) is 14.2 Å². The van der Waals surface area contributed by atoms with Crippen molar-refractivity contribution in [2.75, 3.05) is 62.4 Å². The number of anilines is 3. The van der Waals surface area contributed by atoms with Gasteiger partial charge in [-0.2, -0.15) is 0 Å². The van der Waals surface area contributed by atoms with Crippen LogP contribution in [-0.4, -0.2) is 66.7 Å². The molecule has 0 atom stereocenters. The SMILES string of the molecule is COc1ccc(OC)c(NS(=O)(=O)c2ccc(NC(=O)c3ccc(CN4CCN(c5ccccc5OC)CC4)cc3)cc2)c1. The Balaban J connectivity index is 1.15. The van der Waals surface area contributed by atoms with Crippen molar-refractivity contribution in [1.82, 2.24) is 4.90 Å². The van der Waals surface area contributed by atoms with Gasteiger partial charge in [0.1, 0.15) is 17.2 Å². The first-order chi connectivity index (χ1) is 21.3. The second-order valence-electron chi connectivity index (χ2n) is 10.3. The number of methoxy groups -OCH3 is 3. The number of ether oxygens (including phenoxy) is 3. The largest absolute Gasteiger partial charge is 0.497 e. The van der Waals surface area contributed by atoms with Gasteiger partial charge in [0.25, 0.3) is 15.9 Å². The van der Waals surface area contributed by atoms with Gasteiger partial charge in [-0.15, -0.1) is 0 Å². The fourth-order valence-corrected chi connectivity index (χ4v) is 6.14. The molecule has 1 aliphatic heterocycles. The van der Waals surface area contributed by atoms with Crippen molar-refractivity contribution >= 4 is 33.0 Å². The van der Waals surface area contributed by atoms with Crippen molar-refractivity contribution in [2.45, 2.75) is 11.4 Å². The van der Waals surface area contributed by atoms with E-state index in [1.165, 1.54) is 26.4 Å². The molecule has 4 aromatic carbocycles. The van der Waals surface area contributed by atoms with Gasteiger partial charge in [0, 0.05) is 50.0 Å². The summed E-state index contributed by atoms with van der Waals surface area (Å²) in [6.45, 7) is 4.47. The Kier molecular flexibility index (Phi) is 9.56. The van der Waals surface area contributed by atoms with Gasteiger partial charge in [-0.1, -0.05) is 24.3 Å². The number of para-hydroxylation sites is 2. The number of hydrogen-bond donors (Lipinski definition) is 2. The predicted molar refractivity (Wildman–Crippen MR) is 172 cm³/mol. The smallest absolute Gasteiger partial charge is 0.262 e. The van der Waals surface area contributed by atoms with Gasteiger partial charge < -0.3 is 24.4 Å². The third-order valence-corrected chi connectivity index (χ3v) is 8.88. The Morgan fingerprint density at radius 1 is 0.773 bits per heavy atom. The van der Waals surface area contributed by atoms with E-state index in [0.29, 0.717) is 22.7 Å². The number of nitrogens with one attached hydrogen (secondary N) is 2. The zero-order valence-electron chi connectivity index (χ0n) is 24.9. The number of piperazine rings is 1. The molecule has 230 valence electrons. The van der Waals surface area contributed by atoms with Crippen molar-refractivity contribution in [2.24, 2.45) is 0 Å². The quantitative estimate of drug-likeness (QED) is 0.240. The maximum atomic E-state index is 13.0. The fourth-order valence-electron chi connectivity index (χ4n) is 5.08. The summed E-state index contributed by atoms with van der Waals surface area (Å²) < 4.78 is 44.5. The molecule has 1 amide bonds. The minimum absolute atomic E-state index is 0.0356. The zero-order chi connectivity index (χ0) is 31.1. The number of amides is 1. The lowest BCUT2D eigenvalue weighted by Gasteiger charge is -2.36. The number of nitrogens with zero attached hydrogens (tertiary/aromatic N) is 2. The third-order valence-electron chi connectivity index (χ3n) is 7.49. The van der Waals surface area contributed by atoms with E-state index in [-0.39, 0.29) is 16.5 Å². The molecule has 4 aromatic rings. The number of carbonyl (C=O) groups excluding carboxylic acids is 1. The van der Waals surface area contributed by atoms with Crippen LogP contribution in [-0.2, 0) is 16.6 Å². The summed E-state index contributed by atoms with van der Waals surface area (Å²) in [6, 6.07) is 26.4. The zero-order valence-corrected chi connectivity index (χ0v) is 25.8. The molecule has 0 spiro atoms. The molecule has 0 aromatic heterocycles. The van der Waals surface area contributed by atoms with Crippen LogP contribution in [0.1, 0.15) is 15.9 Å². The van der Waals surface area contributed by atoms with E-state index in [2.05, 4.69) is 25.9 Å². The van der Waals surface area contributed by atoms with Crippen LogP contribution < -0.4 is 29.1 Å². The molecular formula is C33H36N4O6S. The van der Waals surface area contributed by atoms with Crippen LogP contribution in [0, 0.1) is 0 Å². The first-order valence-electron chi connectivity index (χ1n) is 14.1. The summed E-state index contributed by atoms with van der Waals surface area (Å²) in [7, 11) is 0.732. The number of rotatable bonds is 11. The first kappa shape index (κ1) is 30.7.